The number of allylic oxidation sites excluding steroid dienone is 1. The molecule has 1 N–H and O–H groups in total. The highest BCUT2D eigenvalue weighted by Gasteiger charge is 2.23. The summed E-state index contributed by atoms with van der Waals surface area (Å²) in [6.07, 6.45) is 4.81. The first kappa shape index (κ1) is 22.6. The first-order valence-corrected chi connectivity index (χ1v) is 13.1. The van der Waals surface area contributed by atoms with Gasteiger partial charge in [-0.15, -0.1) is 39.9 Å². The van der Waals surface area contributed by atoms with E-state index in [2.05, 4.69) is 59.4 Å². The van der Waals surface area contributed by atoms with E-state index in [1.807, 2.05) is 4.57 Å². The monoisotopic (exact) mass is 481 g/mol. The van der Waals surface area contributed by atoms with E-state index in [1.165, 1.54) is 38.4 Å². The van der Waals surface area contributed by atoms with Crippen molar-refractivity contribution in [1.29, 1.82) is 5.26 Å². The van der Waals surface area contributed by atoms with Crippen molar-refractivity contribution < 1.29 is 4.79 Å². The van der Waals surface area contributed by atoms with Crippen LogP contribution in [0.2, 0.25) is 0 Å². The number of aryl methyl sites for hydroxylation is 2. The third-order valence-electron chi connectivity index (χ3n) is 5.11. The van der Waals surface area contributed by atoms with Gasteiger partial charge in [-0.2, -0.15) is 5.26 Å². The largest absolute Gasteiger partial charge is 0.316 e. The summed E-state index contributed by atoms with van der Waals surface area (Å²) in [7, 11) is 0. The normalized spacial score (nSPS) is 12.4. The lowest BCUT2D eigenvalue weighted by molar-refractivity contribution is -0.113. The van der Waals surface area contributed by atoms with Crippen LogP contribution in [0.25, 0.3) is 0 Å². The smallest absolute Gasteiger partial charge is 0.235 e. The zero-order chi connectivity index (χ0) is 22.5. The van der Waals surface area contributed by atoms with Gasteiger partial charge in [0.15, 0.2) is 5.16 Å². The van der Waals surface area contributed by atoms with Crippen LogP contribution in [0.5, 0.6) is 0 Å². The first-order valence-electron chi connectivity index (χ1n) is 10.3. The SMILES string of the molecule is C=CCn1c(CSc2ccc(C)cc2)nnc1SCC(=O)Nc1sc2c(c1C#N)CCC2. The van der Waals surface area contributed by atoms with Gasteiger partial charge >= 0.3 is 0 Å². The second-order valence-electron chi connectivity index (χ2n) is 7.41. The zero-order valence-corrected chi connectivity index (χ0v) is 20.2. The van der Waals surface area contributed by atoms with Crippen molar-refractivity contribution >= 4 is 45.8 Å². The summed E-state index contributed by atoms with van der Waals surface area (Å²) in [6, 6.07) is 10.7. The van der Waals surface area contributed by atoms with Gasteiger partial charge in [0, 0.05) is 16.3 Å². The average molecular weight is 482 g/mol. The maximum atomic E-state index is 12.6. The standard InChI is InChI=1S/C23H23N5OS3/c1-3-11-28-20(13-30-16-9-7-15(2)8-10-16)26-27-23(28)31-14-21(29)25-22-18(12-24)17-5-4-6-19(17)32-22/h3,7-10H,1,4-6,11,13-14H2,2H3,(H,25,29). The molecule has 32 heavy (non-hydrogen) atoms. The number of hydrogen-bond donors (Lipinski definition) is 1. The van der Waals surface area contributed by atoms with Crippen LogP contribution < -0.4 is 5.32 Å². The van der Waals surface area contributed by atoms with E-state index in [0.717, 1.165) is 30.7 Å². The third kappa shape index (κ3) is 5.09. The Morgan fingerprint density at radius 3 is 2.88 bits per heavy atom. The Kier molecular flexibility index (Phi) is 7.35. The van der Waals surface area contributed by atoms with Gasteiger partial charge in [0.25, 0.3) is 0 Å². The fourth-order valence-electron chi connectivity index (χ4n) is 3.53. The van der Waals surface area contributed by atoms with Gasteiger partial charge in [0.2, 0.25) is 5.91 Å². The molecule has 0 bridgehead atoms. The number of rotatable bonds is 9. The quantitative estimate of drug-likeness (QED) is 0.333. The van der Waals surface area contributed by atoms with Crippen molar-refractivity contribution in [3.05, 3.63) is 64.3 Å². The molecule has 0 atom stereocenters. The topological polar surface area (TPSA) is 83.6 Å². The molecule has 1 aromatic carbocycles. The van der Waals surface area contributed by atoms with E-state index in [-0.39, 0.29) is 11.7 Å². The summed E-state index contributed by atoms with van der Waals surface area (Å²) in [5, 5.41) is 22.4. The number of anilines is 1. The second kappa shape index (κ2) is 10.4. The Labute approximate surface area is 200 Å². The highest BCUT2D eigenvalue weighted by atomic mass is 32.2. The molecule has 4 rings (SSSR count). The Balaban J connectivity index is 1.38. The number of carbonyl (C=O) groups is 1. The van der Waals surface area contributed by atoms with Crippen LogP contribution in [0.1, 0.15) is 33.8 Å². The molecule has 9 heteroatoms. The van der Waals surface area contributed by atoms with Crippen molar-refractivity contribution in [3.63, 3.8) is 0 Å². The van der Waals surface area contributed by atoms with Crippen molar-refractivity contribution in [2.24, 2.45) is 0 Å². The minimum atomic E-state index is -0.143. The number of fused-ring (bicyclic) bond motifs is 1. The maximum Gasteiger partial charge on any atom is 0.235 e. The van der Waals surface area contributed by atoms with Crippen LogP contribution in [0.3, 0.4) is 0 Å². The number of thiophene rings is 1. The van der Waals surface area contributed by atoms with Crippen LogP contribution in [0.4, 0.5) is 5.00 Å². The van der Waals surface area contributed by atoms with E-state index in [4.69, 9.17) is 0 Å². The number of benzene rings is 1. The van der Waals surface area contributed by atoms with E-state index in [0.29, 0.717) is 28.0 Å². The summed E-state index contributed by atoms with van der Waals surface area (Å²) in [5.41, 5.74) is 2.98. The van der Waals surface area contributed by atoms with Crippen LogP contribution in [-0.2, 0) is 29.9 Å². The molecule has 0 aliphatic heterocycles. The lowest BCUT2D eigenvalue weighted by Gasteiger charge is -2.08. The van der Waals surface area contributed by atoms with E-state index < -0.39 is 0 Å². The summed E-state index contributed by atoms with van der Waals surface area (Å²) in [6.45, 7) is 6.49. The summed E-state index contributed by atoms with van der Waals surface area (Å²) < 4.78 is 1.99. The molecule has 0 spiro atoms. The molecule has 164 valence electrons. The molecule has 3 aromatic rings. The van der Waals surface area contributed by atoms with Gasteiger partial charge in [-0.3, -0.25) is 4.79 Å². The minimum absolute atomic E-state index is 0.143. The van der Waals surface area contributed by atoms with Crippen molar-refractivity contribution in [1.82, 2.24) is 14.8 Å². The molecule has 0 saturated heterocycles. The van der Waals surface area contributed by atoms with E-state index in [1.54, 1.807) is 17.8 Å². The molecule has 2 aromatic heterocycles. The first-order chi connectivity index (χ1) is 15.6. The lowest BCUT2D eigenvalue weighted by Crippen LogP contribution is -2.14. The van der Waals surface area contributed by atoms with Gasteiger partial charge in [-0.25, -0.2) is 0 Å². The van der Waals surface area contributed by atoms with Gasteiger partial charge in [0.1, 0.15) is 16.9 Å². The predicted molar refractivity (Wildman–Crippen MR) is 131 cm³/mol. The highest BCUT2D eigenvalue weighted by Crippen LogP contribution is 2.38. The fourth-order valence-corrected chi connectivity index (χ4v) is 6.39. The molecular weight excluding hydrogens is 458 g/mol. The van der Waals surface area contributed by atoms with Crippen molar-refractivity contribution in [2.45, 2.75) is 48.5 Å². The van der Waals surface area contributed by atoms with Gasteiger partial charge in [0.05, 0.1) is 17.1 Å². The Hall–Kier alpha value is -2.54. The molecule has 0 unspecified atom stereocenters. The molecule has 2 heterocycles. The fraction of sp³-hybridized carbons (Fsp3) is 0.304. The van der Waals surface area contributed by atoms with E-state index in [9.17, 15) is 10.1 Å². The maximum absolute atomic E-state index is 12.6. The average Bonchev–Trinajstić information content (AvgIpc) is 3.47. The number of thioether (sulfide) groups is 2. The van der Waals surface area contributed by atoms with Gasteiger partial charge in [-0.05, 0) is 43.9 Å². The van der Waals surface area contributed by atoms with Gasteiger partial charge < -0.3 is 9.88 Å². The number of nitrogens with one attached hydrogen (secondary N) is 1. The summed E-state index contributed by atoms with van der Waals surface area (Å²) >= 11 is 4.58. The van der Waals surface area contributed by atoms with Crippen LogP contribution in [-0.4, -0.2) is 26.4 Å². The number of carbonyl (C=O) groups excluding carboxylic acids is 1. The number of nitriles is 1. The molecule has 0 fully saturated rings. The number of amides is 1. The van der Waals surface area contributed by atoms with Crippen LogP contribution in [0.15, 0.2) is 47.0 Å². The van der Waals surface area contributed by atoms with Gasteiger partial charge in [-0.1, -0.05) is 35.5 Å². The Morgan fingerprint density at radius 2 is 2.12 bits per heavy atom. The van der Waals surface area contributed by atoms with Crippen molar-refractivity contribution in [3.8, 4) is 6.07 Å². The zero-order valence-electron chi connectivity index (χ0n) is 17.8. The van der Waals surface area contributed by atoms with E-state index >= 15 is 0 Å². The minimum Gasteiger partial charge on any atom is -0.316 e. The van der Waals surface area contributed by atoms with Crippen LogP contribution in [0, 0.1) is 18.3 Å². The lowest BCUT2D eigenvalue weighted by atomic mass is 10.1. The number of nitrogens with zero attached hydrogens (tertiary/aromatic N) is 4. The summed E-state index contributed by atoms with van der Waals surface area (Å²) in [5.74, 6) is 1.59. The highest BCUT2D eigenvalue weighted by molar-refractivity contribution is 7.99. The molecule has 6 nitrogen and oxygen atoms in total. The molecule has 1 aliphatic rings. The third-order valence-corrected chi connectivity index (χ3v) is 8.29. The molecule has 1 aliphatic carbocycles. The second-order valence-corrected chi connectivity index (χ2v) is 10.5. The predicted octanol–water partition coefficient (Wildman–Crippen LogP) is 5.22. The Bertz CT molecular complexity index is 1170. The molecule has 0 saturated carbocycles. The molecule has 1 amide bonds. The van der Waals surface area contributed by atoms with Crippen molar-refractivity contribution in [2.75, 3.05) is 11.1 Å². The summed E-state index contributed by atoms with van der Waals surface area (Å²) in [4.78, 5) is 15.0. The Morgan fingerprint density at radius 1 is 1.31 bits per heavy atom. The number of hydrogen-bond acceptors (Lipinski definition) is 7. The molecule has 0 radical (unpaired) electrons. The molecular formula is C23H23N5OS3. The number of aromatic nitrogens is 3. The van der Waals surface area contributed by atoms with Crippen LogP contribution >= 0.6 is 34.9 Å².